The molecule has 4 heteroatoms. The molecule has 0 bridgehead atoms. The van der Waals surface area contributed by atoms with Crippen molar-refractivity contribution in [1.82, 2.24) is 0 Å². The highest BCUT2D eigenvalue weighted by Gasteiger charge is 2.03. The molecule has 1 rings (SSSR count). The molecule has 0 aromatic carbocycles. The van der Waals surface area contributed by atoms with Crippen LogP contribution >= 0.6 is 27.3 Å². The molecule has 0 N–H and O–H groups in total. The van der Waals surface area contributed by atoms with Crippen molar-refractivity contribution < 1.29 is 4.84 Å². The number of nitrogens with zero attached hydrogens (tertiary/aromatic N) is 1. The van der Waals surface area contributed by atoms with Crippen LogP contribution in [0.15, 0.2) is 22.7 Å². The van der Waals surface area contributed by atoms with E-state index < -0.39 is 0 Å². The smallest absolute Gasteiger partial charge is 0.106 e. The standard InChI is InChI=1S/C7H8BrNOS/c1-10-9-5-6(8)7-3-2-4-11-7/h2-6H,1H3/b9-5+. The van der Waals surface area contributed by atoms with Crippen molar-refractivity contribution in [2.24, 2.45) is 5.16 Å². The Bertz CT molecular complexity index is 222. The van der Waals surface area contributed by atoms with Crippen LogP contribution in [0.25, 0.3) is 0 Å². The first-order valence-electron chi connectivity index (χ1n) is 3.08. The van der Waals surface area contributed by atoms with E-state index in [4.69, 9.17) is 0 Å². The van der Waals surface area contributed by atoms with E-state index in [1.165, 1.54) is 12.0 Å². The van der Waals surface area contributed by atoms with Crippen LogP contribution in [-0.2, 0) is 4.84 Å². The molecular formula is C7H8BrNOS. The number of halogens is 1. The van der Waals surface area contributed by atoms with Crippen LogP contribution in [0.3, 0.4) is 0 Å². The van der Waals surface area contributed by atoms with Gasteiger partial charge in [0.2, 0.25) is 0 Å². The van der Waals surface area contributed by atoms with E-state index in [1.807, 2.05) is 17.5 Å². The lowest BCUT2D eigenvalue weighted by Crippen LogP contribution is -1.86. The molecule has 2 nitrogen and oxygen atoms in total. The number of hydrogen-bond acceptors (Lipinski definition) is 3. The van der Waals surface area contributed by atoms with Gasteiger partial charge >= 0.3 is 0 Å². The first kappa shape index (κ1) is 8.74. The average molecular weight is 234 g/mol. The van der Waals surface area contributed by atoms with Crippen LogP contribution in [0.4, 0.5) is 0 Å². The Morgan fingerprint density at radius 1 is 1.82 bits per heavy atom. The second kappa shape index (κ2) is 4.51. The van der Waals surface area contributed by atoms with Gasteiger partial charge in [-0.3, -0.25) is 0 Å². The van der Waals surface area contributed by atoms with Gasteiger partial charge in [0.1, 0.15) is 7.11 Å². The van der Waals surface area contributed by atoms with Crippen molar-refractivity contribution >= 4 is 33.5 Å². The van der Waals surface area contributed by atoms with Gasteiger partial charge in [-0.15, -0.1) is 11.3 Å². The van der Waals surface area contributed by atoms with Gasteiger partial charge in [0, 0.05) is 4.88 Å². The number of alkyl halides is 1. The molecule has 0 radical (unpaired) electrons. The third-order valence-electron chi connectivity index (χ3n) is 1.11. The van der Waals surface area contributed by atoms with E-state index in [-0.39, 0.29) is 4.83 Å². The maximum absolute atomic E-state index is 4.55. The number of hydrogen-bond donors (Lipinski definition) is 0. The van der Waals surface area contributed by atoms with Crippen molar-refractivity contribution in [3.05, 3.63) is 22.4 Å². The maximum atomic E-state index is 4.55. The predicted molar refractivity (Wildman–Crippen MR) is 51.5 cm³/mol. The topological polar surface area (TPSA) is 21.6 Å². The van der Waals surface area contributed by atoms with Gasteiger partial charge in [-0.25, -0.2) is 0 Å². The van der Waals surface area contributed by atoms with Crippen LogP contribution in [0.2, 0.25) is 0 Å². The molecule has 0 amide bonds. The van der Waals surface area contributed by atoms with Gasteiger partial charge in [0.05, 0.1) is 11.0 Å². The molecule has 60 valence electrons. The van der Waals surface area contributed by atoms with Crippen LogP contribution in [0, 0.1) is 0 Å². The second-order valence-electron chi connectivity index (χ2n) is 1.85. The first-order chi connectivity index (χ1) is 5.34. The zero-order valence-electron chi connectivity index (χ0n) is 6.03. The van der Waals surface area contributed by atoms with E-state index in [0.717, 1.165) is 0 Å². The molecule has 0 spiro atoms. The minimum Gasteiger partial charge on any atom is -0.399 e. The summed E-state index contributed by atoms with van der Waals surface area (Å²) in [6.07, 6.45) is 1.71. The molecule has 0 saturated carbocycles. The zero-order chi connectivity index (χ0) is 8.10. The summed E-state index contributed by atoms with van der Waals surface area (Å²) in [6, 6.07) is 4.06. The Balaban J connectivity index is 2.56. The van der Waals surface area contributed by atoms with E-state index in [9.17, 15) is 0 Å². The molecule has 0 aliphatic carbocycles. The summed E-state index contributed by atoms with van der Waals surface area (Å²) in [5.74, 6) is 0. The highest BCUT2D eigenvalue weighted by Crippen LogP contribution is 2.24. The molecule has 1 aromatic heterocycles. The van der Waals surface area contributed by atoms with Gasteiger partial charge in [-0.05, 0) is 11.4 Å². The summed E-state index contributed by atoms with van der Waals surface area (Å²) in [6.45, 7) is 0. The Morgan fingerprint density at radius 3 is 3.18 bits per heavy atom. The molecule has 11 heavy (non-hydrogen) atoms. The fourth-order valence-electron chi connectivity index (χ4n) is 0.636. The van der Waals surface area contributed by atoms with Crippen molar-refractivity contribution in [1.29, 1.82) is 0 Å². The van der Waals surface area contributed by atoms with Gasteiger partial charge < -0.3 is 4.84 Å². The minimum absolute atomic E-state index is 0.169. The van der Waals surface area contributed by atoms with Crippen LogP contribution in [-0.4, -0.2) is 13.3 Å². The fraction of sp³-hybridized carbons (Fsp3) is 0.286. The van der Waals surface area contributed by atoms with E-state index in [0.29, 0.717) is 0 Å². The lowest BCUT2D eigenvalue weighted by molar-refractivity contribution is 0.215. The molecular weight excluding hydrogens is 226 g/mol. The fourth-order valence-corrected chi connectivity index (χ4v) is 1.87. The van der Waals surface area contributed by atoms with E-state index >= 15 is 0 Å². The summed E-state index contributed by atoms with van der Waals surface area (Å²) < 4.78 is 0. The third-order valence-corrected chi connectivity index (χ3v) is 3.10. The summed E-state index contributed by atoms with van der Waals surface area (Å²) in [4.78, 5) is 5.95. The van der Waals surface area contributed by atoms with Crippen molar-refractivity contribution in [3.8, 4) is 0 Å². The van der Waals surface area contributed by atoms with Gasteiger partial charge in [-0.1, -0.05) is 27.2 Å². The predicted octanol–water partition coefficient (Wildman–Crippen LogP) is 2.82. The molecule has 0 aliphatic rings. The first-order valence-corrected chi connectivity index (χ1v) is 4.88. The zero-order valence-corrected chi connectivity index (χ0v) is 8.43. The van der Waals surface area contributed by atoms with Crippen molar-refractivity contribution in [2.45, 2.75) is 4.83 Å². The summed E-state index contributed by atoms with van der Waals surface area (Å²) in [5.41, 5.74) is 0. The molecule has 0 aliphatic heterocycles. The monoisotopic (exact) mass is 233 g/mol. The Morgan fingerprint density at radius 2 is 2.64 bits per heavy atom. The molecule has 1 atom stereocenters. The maximum Gasteiger partial charge on any atom is 0.106 e. The summed E-state index contributed by atoms with van der Waals surface area (Å²) in [5, 5.41) is 5.69. The quantitative estimate of drug-likeness (QED) is 0.447. The normalized spacial score (nSPS) is 13.6. The lowest BCUT2D eigenvalue weighted by atomic mass is 10.4. The van der Waals surface area contributed by atoms with Crippen molar-refractivity contribution in [3.63, 3.8) is 0 Å². The molecule has 1 aromatic rings. The van der Waals surface area contributed by atoms with E-state index in [1.54, 1.807) is 17.6 Å². The third kappa shape index (κ3) is 2.63. The Kier molecular flexibility index (Phi) is 3.59. The average Bonchev–Trinajstić information content (AvgIpc) is 2.52. The van der Waals surface area contributed by atoms with Crippen LogP contribution in [0.1, 0.15) is 9.70 Å². The second-order valence-corrected chi connectivity index (χ2v) is 3.82. The highest BCUT2D eigenvalue weighted by molar-refractivity contribution is 9.09. The van der Waals surface area contributed by atoms with Gasteiger partial charge in [0.15, 0.2) is 0 Å². The number of thiophene rings is 1. The number of oxime groups is 1. The number of rotatable bonds is 3. The SMILES string of the molecule is CO/N=C/C(Br)c1cccs1. The van der Waals surface area contributed by atoms with Crippen LogP contribution < -0.4 is 0 Å². The van der Waals surface area contributed by atoms with Gasteiger partial charge in [0.25, 0.3) is 0 Å². The van der Waals surface area contributed by atoms with Crippen LogP contribution in [0.5, 0.6) is 0 Å². The van der Waals surface area contributed by atoms with Gasteiger partial charge in [-0.2, -0.15) is 0 Å². The van der Waals surface area contributed by atoms with E-state index in [2.05, 4.69) is 25.9 Å². The highest BCUT2D eigenvalue weighted by atomic mass is 79.9. The minimum atomic E-state index is 0.169. The molecule has 0 fully saturated rings. The Labute approximate surface area is 78.0 Å². The Hall–Kier alpha value is -0.350. The molecule has 1 heterocycles. The summed E-state index contributed by atoms with van der Waals surface area (Å²) >= 11 is 5.14. The summed E-state index contributed by atoms with van der Waals surface area (Å²) in [7, 11) is 1.53. The largest absolute Gasteiger partial charge is 0.399 e. The molecule has 0 saturated heterocycles. The lowest BCUT2D eigenvalue weighted by Gasteiger charge is -1.96. The molecule has 1 unspecified atom stereocenters. The van der Waals surface area contributed by atoms with Crippen molar-refractivity contribution in [2.75, 3.05) is 7.11 Å².